The van der Waals surface area contributed by atoms with Crippen LogP contribution in [0.3, 0.4) is 0 Å². The zero-order chi connectivity index (χ0) is 18.9. The fourth-order valence-corrected chi connectivity index (χ4v) is 2.77. The van der Waals surface area contributed by atoms with Gasteiger partial charge in [0.15, 0.2) is 5.11 Å². The van der Waals surface area contributed by atoms with Gasteiger partial charge in [-0.15, -0.1) is 0 Å². The molecule has 0 unspecified atom stereocenters. The number of methoxy groups -OCH3 is 2. The molecule has 0 aliphatic carbocycles. The third kappa shape index (κ3) is 5.69. The number of amides is 1. The van der Waals surface area contributed by atoms with Crippen molar-refractivity contribution in [3.63, 3.8) is 0 Å². The van der Waals surface area contributed by atoms with Crippen LogP contribution in [-0.2, 0) is 4.74 Å². The highest BCUT2D eigenvalue weighted by Gasteiger charge is 2.12. The number of para-hydroxylation sites is 2. The minimum Gasteiger partial charge on any atom is -0.495 e. The number of thiocarbonyl (C=S) groups is 1. The highest BCUT2D eigenvalue weighted by Crippen LogP contribution is 2.26. The van der Waals surface area contributed by atoms with Gasteiger partial charge in [0, 0.05) is 12.7 Å². The first-order chi connectivity index (χ1) is 12.5. The van der Waals surface area contributed by atoms with Gasteiger partial charge in [0.1, 0.15) is 18.1 Å². The Morgan fingerprint density at radius 1 is 1.12 bits per heavy atom. The van der Waals surface area contributed by atoms with Crippen LogP contribution in [0.2, 0.25) is 0 Å². The Morgan fingerprint density at radius 3 is 2.58 bits per heavy atom. The molecule has 0 atom stereocenters. The molecule has 138 valence electrons. The lowest BCUT2D eigenvalue weighted by Crippen LogP contribution is -2.34. The summed E-state index contributed by atoms with van der Waals surface area (Å²) >= 11 is 8.60. The number of hydrogen-bond donors (Lipinski definition) is 2. The summed E-state index contributed by atoms with van der Waals surface area (Å²) in [5.74, 6) is 0.930. The van der Waals surface area contributed by atoms with Crippen molar-refractivity contribution in [3.05, 3.63) is 52.5 Å². The van der Waals surface area contributed by atoms with Crippen LogP contribution in [0.25, 0.3) is 0 Å². The number of hydrogen-bond acceptors (Lipinski definition) is 5. The largest absolute Gasteiger partial charge is 0.495 e. The van der Waals surface area contributed by atoms with Gasteiger partial charge in [-0.3, -0.25) is 10.1 Å². The molecule has 8 heteroatoms. The molecule has 2 rings (SSSR count). The predicted octanol–water partition coefficient (Wildman–Crippen LogP) is 3.61. The molecule has 0 aliphatic heterocycles. The summed E-state index contributed by atoms with van der Waals surface area (Å²) in [6, 6.07) is 12.3. The molecule has 0 fully saturated rings. The first-order valence-corrected chi connectivity index (χ1v) is 8.92. The van der Waals surface area contributed by atoms with Gasteiger partial charge in [0.2, 0.25) is 0 Å². The van der Waals surface area contributed by atoms with Gasteiger partial charge in [-0.05, 0) is 58.5 Å². The molecular formula is C18H19BrN2O4S. The van der Waals surface area contributed by atoms with Gasteiger partial charge < -0.3 is 19.5 Å². The third-order valence-electron chi connectivity index (χ3n) is 3.32. The zero-order valence-electron chi connectivity index (χ0n) is 14.4. The van der Waals surface area contributed by atoms with Crippen LogP contribution in [0.5, 0.6) is 11.5 Å². The molecule has 6 nitrogen and oxygen atoms in total. The van der Waals surface area contributed by atoms with Gasteiger partial charge in [-0.2, -0.15) is 0 Å². The number of anilines is 1. The van der Waals surface area contributed by atoms with E-state index >= 15 is 0 Å². The first kappa shape index (κ1) is 20.2. The van der Waals surface area contributed by atoms with E-state index in [-0.39, 0.29) is 11.0 Å². The van der Waals surface area contributed by atoms with E-state index in [0.717, 1.165) is 0 Å². The van der Waals surface area contributed by atoms with E-state index < -0.39 is 0 Å². The van der Waals surface area contributed by atoms with Crippen molar-refractivity contribution >= 4 is 44.9 Å². The second-order valence-electron chi connectivity index (χ2n) is 5.09. The van der Waals surface area contributed by atoms with E-state index in [1.54, 1.807) is 44.6 Å². The quantitative estimate of drug-likeness (QED) is 0.508. The van der Waals surface area contributed by atoms with E-state index in [2.05, 4.69) is 26.6 Å². The molecule has 0 saturated carbocycles. The summed E-state index contributed by atoms with van der Waals surface area (Å²) in [4.78, 5) is 12.4. The van der Waals surface area contributed by atoms with E-state index in [1.165, 1.54) is 0 Å². The van der Waals surface area contributed by atoms with Crippen LogP contribution in [0.15, 0.2) is 46.9 Å². The third-order valence-corrected chi connectivity index (χ3v) is 4.15. The summed E-state index contributed by atoms with van der Waals surface area (Å²) in [5, 5.41) is 5.76. The van der Waals surface area contributed by atoms with Crippen molar-refractivity contribution in [2.75, 3.05) is 32.8 Å². The summed E-state index contributed by atoms with van der Waals surface area (Å²) in [6.45, 7) is 0.908. The highest BCUT2D eigenvalue weighted by atomic mass is 79.9. The Kier molecular flexibility index (Phi) is 7.83. The van der Waals surface area contributed by atoms with Gasteiger partial charge in [-0.1, -0.05) is 12.1 Å². The average Bonchev–Trinajstić information content (AvgIpc) is 2.63. The van der Waals surface area contributed by atoms with Gasteiger partial charge in [-0.25, -0.2) is 0 Å². The monoisotopic (exact) mass is 438 g/mol. The minimum atomic E-state index is -0.332. The first-order valence-electron chi connectivity index (χ1n) is 7.71. The number of carbonyl (C=O) groups is 1. The molecule has 0 aliphatic rings. The van der Waals surface area contributed by atoms with Crippen LogP contribution in [0.4, 0.5) is 5.69 Å². The maximum atomic E-state index is 12.4. The lowest BCUT2D eigenvalue weighted by atomic mass is 10.2. The zero-order valence-corrected chi connectivity index (χ0v) is 16.8. The van der Waals surface area contributed by atoms with Crippen molar-refractivity contribution in [3.8, 4) is 11.5 Å². The lowest BCUT2D eigenvalue weighted by molar-refractivity contribution is 0.0977. The molecule has 26 heavy (non-hydrogen) atoms. The maximum Gasteiger partial charge on any atom is 0.257 e. The molecule has 0 saturated heterocycles. The molecule has 1 amide bonds. The molecule has 0 heterocycles. The fraction of sp³-hybridized carbons (Fsp3) is 0.222. The normalized spacial score (nSPS) is 10.1. The maximum absolute atomic E-state index is 12.4. The molecule has 0 aromatic heterocycles. The van der Waals surface area contributed by atoms with Gasteiger partial charge in [0.25, 0.3) is 5.91 Å². The molecular weight excluding hydrogens is 420 g/mol. The van der Waals surface area contributed by atoms with E-state index in [0.29, 0.717) is 40.4 Å². The number of nitrogens with one attached hydrogen (secondary N) is 2. The van der Waals surface area contributed by atoms with Gasteiger partial charge >= 0.3 is 0 Å². The molecule has 2 aromatic carbocycles. The second kappa shape index (κ2) is 10.1. The van der Waals surface area contributed by atoms with E-state index in [9.17, 15) is 4.79 Å². The molecule has 0 spiro atoms. The highest BCUT2D eigenvalue weighted by molar-refractivity contribution is 9.10. The molecule has 0 radical (unpaired) electrons. The van der Waals surface area contributed by atoms with Crippen molar-refractivity contribution in [1.82, 2.24) is 5.32 Å². The van der Waals surface area contributed by atoms with Crippen molar-refractivity contribution < 1.29 is 19.0 Å². The number of benzene rings is 2. The smallest absolute Gasteiger partial charge is 0.257 e. The van der Waals surface area contributed by atoms with Crippen molar-refractivity contribution in [1.29, 1.82) is 0 Å². The Bertz CT molecular complexity index is 786. The lowest BCUT2D eigenvalue weighted by Gasteiger charge is -2.13. The summed E-state index contributed by atoms with van der Waals surface area (Å²) < 4.78 is 16.4. The number of rotatable bonds is 7. The summed E-state index contributed by atoms with van der Waals surface area (Å²) in [5.41, 5.74) is 1.11. The predicted molar refractivity (Wildman–Crippen MR) is 108 cm³/mol. The topological polar surface area (TPSA) is 68.8 Å². The summed E-state index contributed by atoms with van der Waals surface area (Å²) in [7, 11) is 3.17. The molecule has 0 bridgehead atoms. The number of ether oxygens (including phenoxy) is 3. The Balaban J connectivity index is 1.98. The van der Waals surface area contributed by atoms with Gasteiger partial charge in [0.05, 0.1) is 23.9 Å². The van der Waals surface area contributed by atoms with Crippen LogP contribution < -0.4 is 20.1 Å². The van der Waals surface area contributed by atoms with Crippen molar-refractivity contribution in [2.24, 2.45) is 0 Å². The molecule has 2 N–H and O–H groups in total. The fourth-order valence-electron chi connectivity index (χ4n) is 2.07. The van der Waals surface area contributed by atoms with Crippen LogP contribution in [0, 0.1) is 0 Å². The molecule has 2 aromatic rings. The SMILES string of the molecule is COCCOc1ccc(C(=O)NC(=S)Nc2ccccc2OC)cc1Br. The number of halogens is 1. The Hall–Kier alpha value is -2.16. The Labute approximate surface area is 166 Å². The van der Waals surface area contributed by atoms with E-state index in [1.807, 2.05) is 12.1 Å². The van der Waals surface area contributed by atoms with Crippen LogP contribution >= 0.6 is 28.1 Å². The van der Waals surface area contributed by atoms with Crippen LogP contribution in [0.1, 0.15) is 10.4 Å². The summed E-state index contributed by atoms with van der Waals surface area (Å²) in [6.07, 6.45) is 0. The number of carbonyl (C=O) groups excluding carboxylic acids is 1. The van der Waals surface area contributed by atoms with E-state index in [4.69, 9.17) is 26.4 Å². The van der Waals surface area contributed by atoms with Crippen LogP contribution in [-0.4, -0.2) is 38.5 Å². The second-order valence-corrected chi connectivity index (χ2v) is 6.36. The standard InChI is InChI=1S/C18H19BrN2O4S/c1-23-9-10-25-15-8-7-12(11-13(15)19)17(22)21-18(26)20-14-5-3-4-6-16(14)24-2/h3-8,11H,9-10H2,1-2H3,(H2,20,21,22,26). The minimum absolute atomic E-state index is 0.177. The van der Waals surface area contributed by atoms with Crippen molar-refractivity contribution in [2.45, 2.75) is 0 Å². The Morgan fingerprint density at radius 2 is 1.88 bits per heavy atom. The average molecular weight is 439 g/mol.